The van der Waals surface area contributed by atoms with Gasteiger partial charge in [-0.15, -0.1) is 0 Å². The van der Waals surface area contributed by atoms with E-state index in [1.807, 2.05) is 31.2 Å². The first-order valence-corrected chi connectivity index (χ1v) is 10.7. The second-order valence-corrected chi connectivity index (χ2v) is 8.12. The predicted octanol–water partition coefficient (Wildman–Crippen LogP) is 2.57. The summed E-state index contributed by atoms with van der Waals surface area (Å²) in [7, 11) is 0. The molecule has 4 aromatic rings. The van der Waals surface area contributed by atoms with Crippen molar-refractivity contribution >= 4 is 16.6 Å². The van der Waals surface area contributed by atoms with Crippen LogP contribution in [0.4, 0.5) is 5.69 Å². The summed E-state index contributed by atoms with van der Waals surface area (Å²) < 4.78 is 1.53. The molecule has 0 radical (unpaired) electrons. The van der Waals surface area contributed by atoms with Crippen molar-refractivity contribution in [3.8, 4) is 5.69 Å². The van der Waals surface area contributed by atoms with Gasteiger partial charge in [-0.2, -0.15) is 0 Å². The average molecular weight is 460 g/mol. The number of aliphatic hydroxyl groups is 2. The van der Waals surface area contributed by atoms with Crippen LogP contribution >= 0.6 is 0 Å². The van der Waals surface area contributed by atoms with Gasteiger partial charge in [-0.3, -0.25) is 19.5 Å². The molecule has 9 heteroatoms. The van der Waals surface area contributed by atoms with Gasteiger partial charge in [0.2, 0.25) is 0 Å². The molecule has 3 N–H and O–H groups in total. The zero-order valence-electron chi connectivity index (χ0n) is 18.5. The van der Waals surface area contributed by atoms with E-state index in [0.717, 1.165) is 5.56 Å². The Balaban J connectivity index is 1.64. The monoisotopic (exact) mass is 460 g/mol. The summed E-state index contributed by atoms with van der Waals surface area (Å²) in [4.78, 5) is 28.3. The fraction of sp³-hybridized carbons (Fsp3) is 0.200. The van der Waals surface area contributed by atoms with Crippen LogP contribution in [0.15, 0.2) is 77.6 Å². The SMILES string of the molecule is Cc1ccc(-n2c(CNC[C@@](O)(CO)c3ccc([N+](=O)[O-])cc3)nc3ccccc3c2=O)cc1. The third kappa shape index (κ3) is 4.58. The van der Waals surface area contributed by atoms with Gasteiger partial charge in [0.15, 0.2) is 0 Å². The smallest absolute Gasteiger partial charge is 0.269 e. The fourth-order valence-corrected chi connectivity index (χ4v) is 3.78. The highest BCUT2D eigenvalue weighted by Crippen LogP contribution is 2.23. The molecule has 0 bridgehead atoms. The maximum Gasteiger partial charge on any atom is 0.269 e. The highest BCUT2D eigenvalue weighted by Gasteiger charge is 2.29. The van der Waals surface area contributed by atoms with Gasteiger partial charge in [0.1, 0.15) is 11.4 Å². The van der Waals surface area contributed by atoms with E-state index in [-0.39, 0.29) is 24.3 Å². The lowest BCUT2D eigenvalue weighted by Gasteiger charge is -2.27. The number of fused-ring (bicyclic) bond motifs is 1. The van der Waals surface area contributed by atoms with E-state index in [4.69, 9.17) is 0 Å². The molecule has 0 saturated heterocycles. The first-order valence-electron chi connectivity index (χ1n) is 10.7. The summed E-state index contributed by atoms with van der Waals surface area (Å²) in [5.41, 5.74) is 0.607. The van der Waals surface area contributed by atoms with Crippen LogP contribution in [0, 0.1) is 17.0 Å². The third-order valence-corrected chi connectivity index (χ3v) is 5.71. The van der Waals surface area contributed by atoms with E-state index in [1.54, 1.807) is 24.3 Å². The zero-order chi connectivity index (χ0) is 24.3. The molecule has 1 heterocycles. The quantitative estimate of drug-likeness (QED) is 0.272. The number of nitrogens with one attached hydrogen (secondary N) is 1. The molecule has 0 unspecified atom stereocenters. The molecule has 1 aromatic heterocycles. The molecule has 0 saturated carbocycles. The summed E-state index contributed by atoms with van der Waals surface area (Å²) in [6.07, 6.45) is 0. The molecule has 1 atom stereocenters. The number of nitro groups is 1. The number of non-ortho nitro benzene ring substituents is 1. The molecular formula is C25H24N4O5. The van der Waals surface area contributed by atoms with Gasteiger partial charge in [-0.05, 0) is 48.9 Å². The molecule has 0 amide bonds. The lowest BCUT2D eigenvalue weighted by Crippen LogP contribution is -2.41. The Hall–Kier alpha value is -3.92. The molecule has 0 fully saturated rings. The first-order chi connectivity index (χ1) is 16.3. The number of hydrogen-bond acceptors (Lipinski definition) is 7. The van der Waals surface area contributed by atoms with Crippen LogP contribution in [0.3, 0.4) is 0 Å². The van der Waals surface area contributed by atoms with Crippen molar-refractivity contribution < 1.29 is 15.1 Å². The Kier molecular flexibility index (Phi) is 6.51. The summed E-state index contributed by atoms with van der Waals surface area (Å²) >= 11 is 0. The average Bonchev–Trinajstić information content (AvgIpc) is 2.85. The number of para-hydroxylation sites is 1. The Bertz CT molecular complexity index is 1380. The summed E-state index contributed by atoms with van der Waals surface area (Å²) in [6.45, 7) is 1.41. The van der Waals surface area contributed by atoms with E-state index >= 15 is 0 Å². The minimum Gasteiger partial charge on any atom is -0.393 e. The van der Waals surface area contributed by atoms with E-state index in [1.165, 1.54) is 28.8 Å². The molecule has 0 aliphatic carbocycles. The topological polar surface area (TPSA) is 131 Å². The maximum absolute atomic E-state index is 13.3. The molecule has 0 spiro atoms. The number of nitrogens with zero attached hydrogens (tertiary/aromatic N) is 3. The van der Waals surface area contributed by atoms with Crippen molar-refractivity contribution in [1.82, 2.24) is 14.9 Å². The van der Waals surface area contributed by atoms with Crippen molar-refractivity contribution in [1.29, 1.82) is 0 Å². The van der Waals surface area contributed by atoms with Crippen LogP contribution in [0.5, 0.6) is 0 Å². The van der Waals surface area contributed by atoms with Gasteiger partial charge in [0.25, 0.3) is 11.2 Å². The van der Waals surface area contributed by atoms with Crippen molar-refractivity contribution in [2.24, 2.45) is 0 Å². The fourth-order valence-electron chi connectivity index (χ4n) is 3.78. The highest BCUT2D eigenvalue weighted by molar-refractivity contribution is 5.77. The van der Waals surface area contributed by atoms with Gasteiger partial charge >= 0.3 is 0 Å². The van der Waals surface area contributed by atoms with E-state index < -0.39 is 17.1 Å². The molecular weight excluding hydrogens is 436 g/mol. The van der Waals surface area contributed by atoms with Crippen LogP contribution < -0.4 is 10.9 Å². The zero-order valence-corrected chi connectivity index (χ0v) is 18.5. The molecule has 3 aromatic carbocycles. The Labute approximate surface area is 195 Å². The van der Waals surface area contributed by atoms with Crippen molar-refractivity contribution in [2.45, 2.75) is 19.1 Å². The van der Waals surface area contributed by atoms with Gasteiger partial charge < -0.3 is 15.5 Å². The molecule has 0 aliphatic rings. The number of aromatic nitrogens is 2. The number of rotatable bonds is 8. The lowest BCUT2D eigenvalue weighted by atomic mass is 9.94. The molecule has 0 aliphatic heterocycles. The van der Waals surface area contributed by atoms with E-state index in [9.17, 15) is 25.1 Å². The standard InChI is InChI=1S/C25H24N4O5/c1-17-6-10-19(11-7-17)28-23(27-22-5-3-2-4-21(22)24(28)31)14-26-15-25(32,16-30)18-8-12-20(13-9-18)29(33)34/h2-13,26,30,32H,14-16H2,1H3/t25-/m1/s1. The van der Waals surface area contributed by atoms with E-state index in [2.05, 4.69) is 10.3 Å². The first kappa shape index (κ1) is 23.2. The lowest BCUT2D eigenvalue weighted by molar-refractivity contribution is -0.384. The Morgan fingerprint density at radius 2 is 1.74 bits per heavy atom. The van der Waals surface area contributed by atoms with Gasteiger partial charge in [-0.25, -0.2) is 4.98 Å². The third-order valence-electron chi connectivity index (χ3n) is 5.71. The minimum atomic E-state index is -1.68. The normalized spacial score (nSPS) is 13.0. The Morgan fingerprint density at radius 3 is 2.38 bits per heavy atom. The van der Waals surface area contributed by atoms with Crippen molar-refractivity contribution in [2.75, 3.05) is 13.2 Å². The molecule has 174 valence electrons. The number of aliphatic hydroxyl groups excluding tert-OH is 1. The van der Waals surface area contributed by atoms with Crippen molar-refractivity contribution in [3.63, 3.8) is 0 Å². The van der Waals surface area contributed by atoms with Crippen molar-refractivity contribution in [3.05, 3.63) is 110 Å². The van der Waals surface area contributed by atoms with Crippen LogP contribution in [0.1, 0.15) is 17.0 Å². The Morgan fingerprint density at radius 1 is 1.06 bits per heavy atom. The van der Waals surface area contributed by atoms with Crippen LogP contribution in [-0.4, -0.2) is 37.8 Å². The van der Waals surface area contributed by atoms with Gasteiger partial charge in [0.05, 0.1) is 34.7 Å². The summed E-state index contributed by atoms with van der Waals surface area (Å²) in [5, 5.41) is 35.3. The van der Waals surface area contributed by atoms with E-state index in [0.29, 0.717) is 28.0 Å². The largest absolute Gasteiger partial charge is 0.393 e. The number of hydrogen-bond donors (Lipinski definition) is 3. The minimum absolute atomic E-state index is 0.0715. The number of aryl methyl sites for hydroxylation is 1. The highest BCUT2D eigenvalue weighted by atomic mass is 16.6. The van der Waals surface area contributed by atoms with Gasteiger partial charge in [0, 0.05) is 18.7 Å². The van der Waals surface area contributed by atoms with Crippen LogP contribution in [0.2, 0.25) is 0 Å². The number of benzene rings is 3. The molecule has 4 rings (SSSR count). The van der Waals surface area contributed by atoms with Crippen LogP contribution in [-0.2, 0) is 12.1 Å². The van der Waals surface area contributed by atoms with Gasteiger partial charge in [-0.1, -0.05) is 29.8 Å². The summed E-state index contributed by atoms with van der Waals surface area (Å²) in [6, 6.07) is 20.0. The molecule has 9 nitrogen and oxygen atoms in total. The maximum atomic E-state index is 13.3. The second-order valence-electron chi connectivity index (χ2n) is 8.12. The molecule has 34 heavy (non-hydrogen) atoms. The predicted molar refractivity (Wildman–Crippen MR) is 128 cm³/mol. The number of nitro benzene ring substituents is 1. The van der Waals surface area contributed by atoms with Crippen LogP contribution in [0.25, 0.3) is 16.6 Å². The summed E-state index contributed by atoms with van der Waals surface area (Å²) in [5.74, 6) is 0.441. The second kappa shape index (κ2) is 9.52.